The van der Waals surface area contributed by atoms with Gasteiger partial charge in [0.15, 0.2) is 0 Å². The van der Waals surface area contributed by atoms with Gasteiger partial charge in [-0.25, -0.2) is 4.98 Å². The zero-order valence-electron chi connectivity index (χ0n) is 11.7. The first kappa shape index (κ1) is 13.8. The molecule has 0 fully saturated rings. The van der Waals surface area contributed by atoms with Gasteiger partial charge in [-0.2, -0.15) is 5.26 Å². The van der Waals surface area contributed by atoms with Gasteiger partial charge in [0, 0.05) is 5.92 Å². The lowest BCUT2D eigenvalue weighted by atomic mass is 9.85. The summed E-state index contributed by atoms with van der Waals surface area (Å²) in [4.78, 5) is 3.38. The molecular formula is C15H22N3O+. The highest BCUT2D eigenvalue weighted by Gasteiger charge is 2.26. The van der Waals surface area contributed by atoms with Crippen molar-refractivity contribution in [2.45, 2.75) is 45.4 Å². The predicted molar refractivity (Wildman–Crippen MR) is 74.0 cm³/mol. The number of aromatic amines is 1. The fourth-order valence-corrected chi connectivity index (χ4v) is 2.83. The van der Waals surface area contributed by atoms with Gasteiger partial charge >= 0.3 is 0 Å². The Bertz CT molecular complexity index is 503. The summed E-state index contributed by atoms with van der Waals surface area (Å²) in [6.07, 6.45) is 4.41. The summed E-state index contributed by atoms with van der Waals surface area (Å²) in [7, 11) is 0. The lowest BCUT2D eigenvalue weighted by Crippen LogP contribution is -2.27. The van der Waals surface area contributed by atoms with Crippen LogP contribution in [0, 0.1) is 11.3 Å². The topological polar surface area (TPSA) is 70.2 Å². The maximum Gasteiger partial charge on any atom is 0.290 e. The van der Waals surface area contributed by atoms with Gasteiger partial charge in [-0.1, -0.05) is 13.8 Å². The molecule has 4 nitrogen and oxygen atoms in total. The zero-order valence-corrected chi connectivity index (χ0v) is 11.7. The highest BCUT2D eigenvalue weighted by Crippen LogP contribution is 2.31. The second-order valence-electron chi connectivity index (χ2n) is 5.37. The minimum atomic E-state index is 0.0623. The zero-order chi connectivity index (χ0) is 13.8. The van der Waals surface area contributed by atoms with Gasteiger partial charge in [-0.15, -0.1) is 0 Å². The molecule has 0 saturated carbocycles. The van der Waals surface area contributed by atoms with Crippen molar-refractivity contribution in [1.29, 1.82) is 5.26 Å². The van der Waals surface area contributed by atoms with Gasteiger partial charge < -0.3 is 5.11 Å². The number of anilines is 1. The number of nitrogens with zero attached hydrogens (tertiary/aromatic N) is 1. The van der Waals surface area contributed by atoms with E-state index in [0.29, 0.717) is 12.5 Å². The Morgan fingerprint density at radius 1 is 1.32 bits per heavy atom. The smallest absolute Gasteiger partial charge is 0.290 e. The van der Waals surface area contributed by atoms with Crippen molar-refractivity contribution >= 4 is 5.82 Å². The van der Waals surface area contributed by atoms with E-state index in [9.17, 15) is 5.26 Å². The van der Waals surface area contributed by atoms with Crippen molar-refractivity contribution in [3.63, 3.8) is 0 Å². The maximum absolute atomic E-state index is 9.43. The van der Waals surface area contributed by atoms with Crippen LogP contribution in [-0.2, 0) is 12.8 Å². The monoisotopic (exact) mass is 260 g/mol. The van der Waals surface area contributed by atoms with Crippen molar-refractivity contribution in [1.82, 2.24) is 0 Å². The van der Waals surface area contributed by atoms with E-state index >= 15 is 0 Å². The molecule has 1 aromatic rings. The molecule has 102 valence electrons. The molecule has 0 saturated heterocycles. The minimum absolute atomic E-state index is 0.0623. The van der Waals surface area contributed by atoms with Crippen LogP contribution in [-0.4, -0.2) is 18.3 Å². The van der Waals surface area contributed by atoms with E-state index in [4.69, 9.17) is 5.11 Å². The largest absolute Gasteiger partial charge is 0.392 e. The molecule has 1 heterocycles. The van der Waals surface area contributed by atoms with E-state index in [1.807, 2.05) is 0 Å². The van der Waals surface area contributed by atoms with Crippen LogP contribution >= 0.6 is 0 Å². The average molecular weight is 260 g/mol. The summed E-state index contributed by atoms with van der Waals surface area (Å²) in [5.74, 6) is 1.18. The van der Waals surface area contributed by atoms with E-state index in [1.165, 1.54) is 23.2 Å². The number of rotatable bonds is 4. The molecule has 0 radical (unpaired) electrons. The van der Waals surface area contributed by atoms with Crippen LogP contribution in [0.3, 0.4) is 0 Å². The summed E-state index contributed by atoms with van der Waals surface area (Å²) in [6, 6.07) is 2.32. The molecule has 0 amide bonds. The maximum atomic E-state index is 9.43. The molecule has 0 unspecified atom stereocenters. The van der Waals surface area contributed by atoms with Gasteiger partial charge in [0.05, 0.1) is 6.61 Å². The molecule has 2 rings (SSSR count). The first-order valence-corrected chi connectivity index (χ1v) is 7.04. The van der Waals surface area contributed by atoms with Crippen LogP contribution in [0.15, 0.2) is 0 Å². The van der Waals surface area contributed by atoms with Gasteiger partial charge in [-0.05, 0) is 36.8 Å². The van der Waals surface area contributed by atoms with Gasteiger partial charge in [0.25, 0.3) is 5.82 Å². The third-order valence-electron chi connectivity index (χ3n) is 3.71. The molecule has 0 spiro atoms. The van der Waals surface area contributed by atoms with Crippen LogP contribution in [0.5, 0.6) is 0 Å². The Morgan fingerprint density at radius 3 is 2.58 bits per heavy atom. The number of fused-ring (bicyclic) bond motifs is 1. The fraction of sp³-hybridized carbons (Fsp3) is 0.600. The number of hydrogen-bond donors (Lipinski definition) is 2. The first-order chi connectivity index (χ1) is 9.19. The SMILES string of the molecule is CC(C)c1[nH+]c(NCCO)c(C#N)c2c1CCCC2. The Labute approximate surface area is 114 Å². The summed E-state index contributed by atoms with van der Waals surface area (Å²) in [5, 5.41) is 21.5. The highest BCUT2D eigenvalue weighted by molar-refractivity contribution is 5.56. The second kappa shape index (κ2) is 6.03. The van der Waals surface area contributed by atoms with Crippen LogP contribution in [0.4, 0.5) is 5.82 Å². The number of pyridine rings is 1. The Kier molecular flexibility index (Phi) is 4.39. The molecular weight excluding hydrogens is 238 g/mol. The lowest BCUT2D eigenvalue weighted by Gasteiger charge is -2.21. The van der Waals surface area contributed by atoms with Gasteiger partial charge in [0.2, 0.25) is 0 Å². The molecule has 4 heteroatoms. The number of aliphatic hydroxyl groups excluding tert-OH is 1. The molecule has 1 aliphatic rings. The molecule has 0 bridgehead atoms. The van der Waals surface area contributed by atoms with E-state index in [0.717, 1.165) is 30.6 Å². The van der Waals surface area contributed by atoms with Crippen molar-refractivity contribution < 1.29 is 10.1 Å². The van der Waals surface area contributed by atoms with Crippen molar-refractivity contribution in [2.75, 3.05) is 18.5 Å². The predicted octanol–water partition coefficient (Wildman–Crippen LogP) is 1.78. The molecule has 1 aromatic heterocycles. The number of aliphatic hydroxyl groups is 1. The fourth-order valence-electron chi connectivity index (χ4n) is 2.83. The minimum Gasteiger partial charge on any atom is -0.392 e. The Balaban J connectivity index is 2.55. The van der Waals surface area contributed by atoms with Gasteiger partial charge in [0.1, 0.15) is 23.9 Å². The lowest BCUT2D eigenvalue weighted by molar-refractivity contribution is -0.377. The third kappa shape index (κ3) is 2.71. The van der Waals surface area contributed by atoms with Gasteiger partial charge in [-0.3, -0.25) is 5.32 Å². The molecule has 0 aliphatic heterocycles. The van der Waals surface area contributed by atoms with E-state index in [2.05, 4.69) is 30.2 Å². The standard InChI is InChI=1S/C15H21N3O/c1-10(2)14-12-6-4-3-5-11(12)13(9-16)15(18-14)17-7-8-19/h10,19H,3-8H2,1-2H3,(H,17,18)/p+1. The molecule has 1 aliphatic carbocycles. The number of nitrogens with one attached hydrogen (secondary N) is 2. The number of hydrogen-bond acceptors (Lipinski definition) is 3. The normalized spacial score (nSPS) is 14.1. The summed E-state index contributed by atoms with van der Waals surface area (Å²) in [5.41, 5.74) is 4.51. The summed E-state index contributed by atoms with van der Waals surface area (Å²) < 4.78 is 0. The quantitative estimate of drug-likeness (QED) is 0.867. The average Bonchev–Trinajstić information content (AvgIpc) is 2.43. The van der Waals surface area contributed by atoms with Crippen molar-refractivity contribution in [3.05, 3.63) is 22.4 Å². The molecule has 0 aromatic carbocycles. The molecule has 0 atom stereocenters. The van der Waals surface area contributed by atoms with Crippen molar-refractivity contribution in [2.24, 2.45) is 0 Å². The van der Waals surface area contributed by atoms with Crippen LogP contribution in [0.25, 0.3) is 0 Å². The van der Waals surface area contributed by atoms with E-state index < -0.39 is 0 Å². The number of aromatic nitrogens is 1. The second-order valence-corrected chi connectivity index (χ2v) is 5.37. The Morgan fingerprint density at radius 2 is 2.00 bits per heavy atom. The number of H-pyrrole nitrogens is 1. The molecule has 19 heavy (non-hydrogen) atoms. The van der Waals surface area contributed by atoms with Crippen molar-refractivity contribution in [3.8, 4) is 6.07 Å². The van der Waals surface area contributed by atoms with E-state index in [1.54, 1.807) is 0 Å². The molecule has 3 N–H and O–H groups in total. The first-order valence-electron chi connectivity index (χ1n) is 7.04. The van der Waals surface area contributed by atoms with Crippen LogP contribution in [0.2, 0.25) is 0 Å². The van der Waals surface area contributed by atoms with Crippen LogP contribution in [0.1, 0.15) is 55.0 Å². The third-order valence-corrected chi connectivity index (χ3v) is 3.71. The van der Waals surface area contributed by atoms with E-state index in [-0.39, 0.29) is 6.61 Å². The summed E-state index contributed by atoms with van der Waals surface area (Å²) >= 11 is 0. The Hall–Kier alpha value is -1.60. The summed E-state index contributed by atoms with van der Waals surface area (Å²) in [6.45, 7) is 4.86. The number of nitriles is 1. The highest BCUT2D eigenvalue weighted by atomic mass is 16.3. The van der Waals surface area contributed by atoms with Crippen LogP contribution < -0.4 is 10.3 Å².